The number of halogens is 2. The minimum absolute atomic E-state index is 0. The van der Waals surface area contributed by atoms with Gasteiger partial charge < -0.3 is 16.0 Å². The number of thiophene rings is 1. The predicted octanol–water partition coefficient (Wildman–Crippen LogP) is 3.12. The predicted molar refractivity (Wildman–Crippen MR) is 108 cm³/mol. The zero-order valence-corrected chi connectivity index (χ0v) is 16.6. The first-order valence-electron chi connectivity index (χ1n) is 7.12. The topological polar surface area (TPSA) is 65.5 Å². The van der Waals surface area contributed by atoms with E-state index < -0.39 is 0 Å². The highest BCUT2D eigenvalue weighted by molar-refractivity contribution is 14.0. The van der Waals surface area contributed by atoms with Crippen molar-refractivity contribution < 1.29 is 9.18 Å². The summed E-state index contributed by atoms with van der Waals surface area (Å²) < 4.78 is 12.8. The number of benzene rings is 1. The lowest BCUT2D eigenvalue weighted by molar-refractivity contribution is -0.115. The van der Waals surface area contributed by atoms with E-state index in [1.165, 1.54) is 34.0 Å². The Morgan fingerprint density at radius 1 is 1.17 bits per heavy atom. The molecule has 0 fully saturated rings. The van der Waals surface area contributed by atoms with Crippen LogP contribution in [0.15, 0.2) is 41.4 Å². The van der Waals surface area contributed by atoms with Gasteiger partial charge in [-0.25, -0.2) is 4.39 Å². The molecule has 1 amide bonds. The van der Waals surface area contributed by atoms with E-state index in [4.69, 9.17) is 0 Å². The van der Waals surface area contributed by atoms with Gasteiger partial charge in [0.1, 0.15) is 5.82 Å². The van der Waals surface area contributed by atoms with E-state index in [-0.39, 0.29) is 42.2 Å². The Balaban J connectivity index is 0.00000288. The van der Waals surface area contributed by atoms with Gasteiger partial charge in [0, 0.05) is 22.5 Å². The van der Waals surface area contributed by atoms with E-state index in [1.54, 1.807) is 18.4 Å². The summed E-state index contributed by atoms with van der Waals surface area (Å²) in [5.41, 5.74) is 0.551. The molecule has 2 aromatic rings. The molecule has 8 heteroatoms. The number of aliphatic imine (C=N–C) groups is 1. The monoisotopic (exact) mass is 462 g/mol. The van der Waals surface area contributed by atoms with Crippen LogP contribution in [-0.2, 0) is 11.3 Å². The van der Waals surface area contributed by atoms with Gasteiger partial charge in [-0.2, -0.15) is 0 Å². The molecule has 0 aliphatic heterocycles. The molecule has 0 saturated heterocycles. The first-order chi connectivity index (χ1) is 11.1. The zero-order valence-electron chi connectivity index (χ0n) is 13.4. The molecular weight excluding hydrogens is 442 g/mol. The molecule has 5 nitrogen and oxygen atoms in total. The molecule has 0 bridgehead atoms. The van der Waals surface area contributed by atoms with Crippen LogP contribution >= 0.6 is 35.3 Å². The van der Waals surface area contributed by atoms with E-state index in [2.05, 4.69) is 40.0 Å². The number of hydrogen-bond acceptors (Lipinski definition) is 3. The number of aryl methyl sites for hydroxylation is 1. The number of carbonyl (C=O) groups is 1. The number of anilines is 1. The molecule has 0 aliphatic carbocycles. The minimum Gasteiger partial charge on any atom is -0.352 e. The molecule has 1 aromatic heterocycles. The Bertz CT molecular complexity index is 688. The summed E-state index contributed by atoms with van der Waals surface area (Å²) in [4.78, 5) is 18.4. The largest absolute Gasteiger partial charge is 0.352 e. The maximum atomic E-state index is 12.8. The summed E-state index contributed by atoms with van der Waals surface area (Å²) in [7, 11) is 1.65. The molecule has 0 aliphatic rings. The van der Waals surface area contributed by atoms with E-state index in [0.717, 1.165) is 0 Å². The molecule has 2 rings (SSSR count). The number of amides is 1. The third-order valence-electron chi connectivity index (χ3n) is 2.99. The van der Waals surface area contributed by atoms with Crippen molar-refractivity contribution in [3.8, 4) is 0 Å². The van der Waals surface area contributed by atoms with Gasteiger partial charge in [0.15, 0.2) is 5.96 Å². The second-order valence-electron chi connectivity index (χ2n) is 4.85. The van der Waals surface area contributed by atoms with Gasteiger partial charge in [0.25, 0.3) is 0 Å². The van der Waals surface area contributed by atoms with Crippen molar-refractivity contribution in [2.24, 2.45) is 4.99 Å². The Morgan fingerprint density at radius 3 is 2.46 bits per heavy atom. The normalized spacial score (nSPS) is 10.7. The van der Waals surface area contributed by atoms with Crippen molar-refractivity contribution in [3.05, 3.63) is 52.0 Å². The van der Waals surface area contributed by atoms with Crippen molar-refractivity contribution in [3.63, 3.8) is 0 Å². The van der Waals surface area contributed by atoms with E-state index in [0.29, 0.717) is 18.2 Å². The highest BCUT2D eigenvalue weighted by Crippen LogP contribution is 2.14. The molecule has 1 aromatic carbocycles. The van der Waals surface area contributed by atoms with Crippen LogP contribution in [0.4, 0.5) is 10.1 Å². The fourth-order valence-electron chi connectivity index (χ4n) is 1.87. The van der Waals surface area contributed by atoms with Gasteiger partial charge in [-0.15, -0.1) is 35.3 Å². The average Bonchev–Trinajstić information content (AvgIpc) is 2.95. The molecular formula is C16H20FIN4OS. The number of rotatable bonds is 5. The smallest absolute Gasteiger partial charge is 0.243 e. The number of guanidine groups is 1. The molecule has 24 heavy (non-hydrogen) atoms. The average molecular weight is 462 g/mol. The molecule has 1 heterocycles. The molecule has 0 spiro atoms. The summed E-state index contributed by atoms with van der Waals surface area (Å²) in [6, 6.07) is 9.74. The van der Waals surface area contributed by atoms with Crippen LogP contribution in [0.1, 0.15) is 9.75 Å². The van der Waals surface area contributed by atoms with Crippen LogP contribution in [0.3, 0.4) is 0 Å². The molecule has 0 unspecified atom stereocenters. The SMILES string of the molecule is CN=C(NCC(=O)Nc1ccc(F)cc1)NCc1ccc(C)s1.I. The van der Waals surface area contributed by atoms with Crippen molar-refractivity contribution in [2.75, 3.05) is 18.9 Å². The Labute approximate surface area is 161 Å². The standard InChI is InChI=1S/C16H19FN4OS.HI/c1-11-3-8-14(23-11)9-19-16(18-2)20-10-15(22)21-13-6-4-12(17)5-7-13;/h3-8H,9-10H2,1-2H3,(H,21,22)(H2,18,19,20);1H. The van der Waals surface area contributed by atoms with Gasteiger partial charge in [0.05, 0.1) is 13.1 Å². The van der Waals surface area contributed by atoms with Crippen LogP contribution in [0.25, 0.3) is 0 Å². The highest BCUT2D eigenvalue weighted by atomic mass is 127. The van der Waals surface area contributed by atoms with Crippen LogP contribution in [0.2, 0.25) is 0 Å². The van der Waals surface area contributed by atoms with Crippen molar-refractivity contribution >= 4 is 52.9 Å². The van der Waals surface area contributed by atoms with Crippen LogP contribution in [0, 0.1) is 12.7 Å². The van der Waals surface area contributed by atoms with Crippen LogP contribution < -0.4 is 16.0 Å². The molecule has 3 N–H and O–H groups in total. The van der Waals surface area contributed by atoms with Gasteiger partial charge >= 0.3 is 0 Å². The third kappa shape index (κ3) is 6.83. The fourth-order valence-corrected chi connectivity index (χ4v) is 2.70. The van der Waals surface area contributed by atoms with Gasteiger partial charge in [-0.3, -0.25) is 9.79 Å². The lowest BCUT2D eigenvalue weighted by Gasteiger charge is -2.11. The van der Waals surface area contributed by atoms with Crippen molar-refractivity contribution in [1.82, 2.24) is 10.6 Å². The van der Waals surface area contributed by atoms with Gasteiger partial charge in [-0.05, 0) is 43.3 Å². The Morgan fingerprint density at radius 2 is 1.88 bits per heavy atom. The summed E-state index contributed by atoms with van der Waals surface area (Å²) in [5, 5.41) is 8.76. The minimum atomic E-state index is -0.338. The molecule has 130 valence electrons. The number of carbonyl (C=O) groups excluding carboxylic acids is 1. The first-order valence-corrected chi connectivity index (χ1v) is 7.93. The van der Waals surface area contributed by atoms with E-state index in [9.17, 15) is 9.18 Å². The first kappa shape index (κ1) is 20.4. The Hall–Kier alpha value is -1.68. The number of hydrogen-bond donors (Lipinski definition) is 3. The zero-order chi connectivity index (χ0) is 16.7. The highest BCUT2D eigenvalue weighted by Gasteiger charge is 2.05. The number of nitrogens with zero attached hydrogens (tertiary/aromatic N) is 1. The fraction of sp³-hybridized carbons (Fsp3) is 0.250. The van der Waals surface area contributed by atoms with Gasteiger partial charge in [-0.1, -0.05) is 0 Å². The second kappa shape index (κ2) is 10.2. The van der Waals surface area contributed by atoms with Gasteiger partial charge in [0.2, 0.25) is 5.91 Å². The summed E-state index contributed by atoms with van der Waals surface area (Å²) in [5.74, 6) is -0.0219. The third-order valence-corrected chi connectivity index (χ3v) is 3.99. The van der Waals surface area contributed by atoms with Crippen LogP contribution in [0.5, 0.6) is 0 Å². The van der Waals surface area contributed by atoms with E-state index >= 15 is 0 Å². The maximum Gasteiger partial charge on any atom is 0.243 e. The summed E-state index contributed by atoms with van der Waals surface area (Å²) >= 11 is 1.71. The lowest BCUT2D eigenvalue weighted by atomic mass is 10.3. The molecule has 0 saturated carbocycles. The summed E-state index contributed by atoms with van der Waals surface area (Å²) in [6.07, 6.45) is 0. The van der Waals surface area contributed by atoms with Crippen molar-refractivity contribution in [1.29, 1.82) is 0 Å². The lowest BCUT2D eigenvalue weighted by Crippen LogP contribution is -2.40. The maximum absolute atomic E-state index is 12.8. The molecule has 0 radical (unpaired) electrons. The van der Waals surface area contributed by atoms with E-state index in [1.807, 2.05) is 0 Å². The molecule has 0 atom stereocenters. The second-order valence-corrected chi connectivity index (χ2v) is 6.22. The quantitative estimate of drug-likeness (QED) is 0.364. The van der Waals surface area contributed by atoms with Crippen LogP contribution in [-0.4, -0.2) is 25.5 Å². The van der Waals surface area contributed by atoms with Crippen molar-refractivity contribution in [2.45, 2.75) is 13.5 Å². The number of nitrogens with one attached hydrogen (secondary N) is 3. The summed E-state index contributed by atoms with van der Waals surface area (Å²) in [6.45, 7) is 2.78. The Kier molecular flexibility index (Phi) is 8.69.